The molecule has 2 atom stereocenters. The van der Waals surface area contributed by atoms with E-state index in [2.05, 4.69) is 34.2 Å². The first-order valence-electron chi connectivity index (χ1n) is 11.8. The number of hydrogen-bond acceptors (Lipinski definition) is 6. The molecule has 9 heteroatoms. The zero-order valence-electron chi connectivity index (χ0n) is 20.2. The minimum Gasteiger partial charge on any atom is -0.491 e. The molecule has 2 aromatic carbocycles. The monoisotopic (exact) mass is 516 g/mol. The van der Waals surface area contributed by atoms with Crippen LogP contribution in [0.1, 0.15) is 36.8 Å². The summed E-state index contributed by atoms with van der Waals surface area (Å²) in [7, 11) is 0. The van der Waals surface area contributed by atoms with Crippen LogP contribution in [-0.4, -0.2) is 46.7 Å². The number of ether oxygens (including phenoxy) is 1. The van der Waals surface area contributed by atoms with Crippen molar-refractivity contribution in [3.63, 3.8) is 0 Å². The van der Waals surface area contributed by atoms with Crippen molar-refractivity contribution in [2.45, 2.75) is 46.2 Å². The van der Waals surface area contributed by atoms with E-state index in [1.807, 2.05) is 25.1 Å². The van der Waals surface area contributed by atoms with E-state index in [0.717, 1.165) is 25.1 Å². The van der Waals surface area contributed by atoms with Gasteiger partial charge in [0.25, 0.3) is 0 Å². The van der Waals surface area contributed by atoms with Crippen molar-refractivity contribution in [1.82, 2.24) is 20.4 Å². The van der Waals surface area contributed by atoms with E-state index in [-0.39, 0.29) is 17.9 Å². The van der Waals surface area contributed by atoms with Crippen molar-refractivity contribution in [1.29, 1.82) is 0 Å². The summed E-state index contributed by atoms with van der Waals surface area (Å²) in [6.07, 6.45) is 1.78. The number of piperidine rings is 1. The lowest BCUT2D eigenvalue weighted by Crippen LogP contribution is -2.46. The largest absolute Gasteiger partial charge is 0.491 e. The van der Waals surface area contributed by atoms with E-state index >= 15 is 0 Å². The number of halogens is 2. The van der Waals surface area contributed by atoms with E-state index in [1.165, 1.54) is 11.1 Å². The fraction of sp³-hybridized carbons (Fsp3) is 0.423. The molecule has 0 radical (unpaired) electrons. The molecule has 1 saturated heterocycles. The molecular weight excluding hydrogens is 487 g/mol. The van der Waals surface area contributed by atoms with Crippen LogP contribution in [0.25, 0.3) is 11.4 Å². The lowest BCUT2D eigenvalue weighted by Gasteiger charge is -2.31. The van der Waals surface area contributed by atoms with Gasteiger partial charge in [0.2, 0.25) is 17.6 Å². The first kappa shape index (κ1) is 25.5. The molecule has 2 unspecified atom stereocenters. The van der Waals surface area contributed by atoms with Crippen molar-refractivity contribution >= 4 is 29.1 Å². The predicted molar refractivity (Wildman–Crippen MR) is 137 cm³/mol. The van der Waals surface area contributed by atoms with E-state index in [0.29, 0.717) is 47.0 Å². The van der Waals surface area contributed by atoms with Gasteiger partial charge in [-0.1, -0.05) is 34.4 Å². The molecule has 2 heterocycles. The number of nitrogens with zero attached hydrogens (tertiary/aromatic N) is 3. The summed E-state index contributed by atoms with van der Waals surface area (Å²) >= 11 is 12.2. The summed E-state index contributed by atoms with van der Waals surface area (Å²) in [5, 5.41) is 8.17. The molecule has 1 N–H and O–H groups in total. The highest BCUT2D eigenvalue weighted by Gasteiger charge is 2.28. The zero-order chi connectivity index (χ0) is 24.9. The summed E-state index contributed by atoms with van der Waals surface area (Å²) in [6.45, 7) is 8.49. The maximum absolute atomic E-state index is 12.9. The van der Waals surface area contributed by atoms with Crippen LogP contribution in [0, 0.1) is 19.8 Å². The minimum atomic E-state index is -0.0964. The molecule has 1 fully saturated rings. The number of hydrogen-bond donors (Lipinski definition) is 1. The quantitative estimate of drug-likeness (QED) is 0.428. The normalized spacial score (nSPS) is 17.2. The predicted octanol–water partition coefficient (Wildman–Crippen LogP) is 5.46. The standard InChI is InChI=1S/C26H30Cl2N4O3/c1-16-6-8-21(11-17(16)2)34-15-18(3)29-26(33)19-5-4-10-32(13-19)14-24-30-25(31-35-24)22-9-7-20(27)12-23(22)28/h6-9,11-12,18-19H,4-5,10,13-15H2,1-3H3,(H,29,33). The molecule has 1 aliphatic rings. The SMILES string of the molecule is Cc1ccc(OCC(C)NC(=O)C2CCCN(Cc3nc(-c4ccc(Cl)cc4Cl)no3)C2)cc1C. The molecule has 1 aromatic heterocycles. The molecule has 0 spiro atoms. The molecule has 35 heavy (non-hydrogen) atoms. The number of aryl methyl sites for hydroxylation is 2. The van der Waals surface area contributed by atoms with Crippen molar-refractivity contribution in [2.24, 2.45) is 5.92 Å². The van der Waals surface area contributed by atoms with Crippen LogP contribution in [0.4, 0.5) is 0 Å². The number of benzene rings is 2. The average Bonchev–Trinajstić information content (AvgIpc) is 3.28. The third-order valence-corrected chi connectivity index (χ3v) is 6.79. The number of amides is 1. The number of rotatable bonds is 8. The van der Waals surface area contributed by atoms with E-state index in [9.17, 15) is 4.79 Å². The minimum absolute atomic E-state index is 0.0463. The summed E-state index contributed by atoms with van der Waals surface area (Å²) in [5.74, 6) is 1.68. The summed E-state index contributed by atoms with van der Waals surface area (Å²) in [6, 6.07) is 11.1. The lowest BCUT2D eigenvalue weighted by molar-refractivity contribution is -0.127. The molecule has 0 aliphatic carbocycles. The Morgan fingerprint density at radius 3 is 2.83 bits per heavy atom. The summed E-state index contributed by atoms with van der Waals surface area (Å²) < 4.78 is 11.3. The Hall–Kier alpha value is -2.61. The van der Waals surface area contributed by atoms with Gasteiger partial charge >= 0.3 is 0 Å². The number of likely N-dealkylation sites (tertiary alicyclic amines) is 1. The summed E-state index contributed by atoms with van der Waals surface area (Å²) in [5.41, 5.74) is 3.08. The van der Waals surface area contributed by atoms with Crippen LogP contribution < -0.4 is 10.1 Å². The molecule has 1 amide bonds. The molecule has 7 nitrogen and oxygen atoms in total. The third kappa shape index (κ3) is 6.75. The van der Waals surface area contributed by atoms with Crippen molar-refractivity contribution in [2.75, 3.05) is 19.7 Å². The number of aromatic nitrogens is 2. The topological polar surface area (TPSA) is 80.5 Å². The van der Waals surface area contributed by atoms with Crippen molar-refractivity contribution in [3.8, 4) is 17.1 Å². The van der Waals surface area contributed by atoms with Crippen LogP contribution >= 0.6 is 23.2 Å². The van der Waals surface area contributed by atoms with E-state index < -0.39 is 0 Å². The van der Waals surface area contributed by atoms with Gasteiger partial charge < -0.3 is 14.6 Å². The van der Waals surface area contributed by atoms with Gasteiger partial charge in [0.1, 0.15) is 12.4 Å². The smallest absolute Gasteiger partial charge is 0.241 e. The molecule has 186 valence electrons. The van der Waals surface area contributed by atoms with Crippen LogP contribution in [0.15, 0.2) is 40.9 Å². The zero-order valence-corrected chi connectivity index (χ0v) is 21.7. The highest BCUT2D eigenvalue weighted by atomic mass is 35.5. The third-order valence-electron chi connectivity index (χ3n) is 6.24. The Morgan fingerprint density at radius 2 is 2.06 bits per heavy atom. The maximum Gasteiger partial charge on any atom is 0.241 e. The Kier molecular flexibility index (Phi) is 8.31. The van der Waals surface area contributed by atoms with Gasteiger partial charge in [-0.3, -0.25) is 9.69 Å². The van der Waals surface area contributed by atoms with Gasteiger partial charge in [0, 0.05) is 17.1 Å². The maximum atomic E-state index is 12.9. The fourth-order valence-electron chi connectivity index (χ4n) is 4.13. The second-order valence-electron chi connectivity index (χ2n) is 9.18. The first-order valence-corrected chi connectivity index (χ1v) is 12.5. The van der Waals surface area contributed by atoms with E-state index in [4.69, 9.17) is 32.5 Å². The Labute approximate surface area is 215 Å². The van der Waals surface area contributed by atoms with Gasteiger partial charge in [-0.2, -0.15) is 4.98 Å². The van der Waals surface area contributed by atoms with Crippen LogP contribution in [0.5, 0.6) is 5.75 Å². The Morgan fingerprint density at radius 1 is 1.23 bits per heavy atom. The van der Waals surface area contributed by atoms with Crippen LogP contribution in [-0.2, 0) is 11.3 Å². The molecular formula is C26H30Cl2N4O3. The van der Waals surface area contributed by atoms with E-state index in [1.54, 1.807) is 18.2 Å². The molecule has 4 rings (SSSR count). The van der Waals surface area contributed by atoms with Gasteiger partial charge in [-0.25, -0.2) is 0 Å². The van der Waals surface area contributed by atoms with Gasteiger partial charge in [0.05, 0.1) is 23.5 Å². The van der Waals surface area contributed by atoms with Gasteiger partial charge in [-0.15, -0.1) is 0 Å². The van der Waals surface area contributed by atoms with Crippen LogP contribution in [0.2, 0.25) is 10.0 Å². The van der Waals surface area contributed by atoms with Crippen LogP contribution in [0.3, 0.4) is 0 Å². The fourth-order valence-corrected chi connectivity index (χ4v) is 4.62. The van der Waals surface area contributed by atoms with Gasteiger partial charge in [-0.05, 0) is 81.6 Å². The van der Waals surface area contributed by atoms with Crippen molar-refractivity contribution in [3.05, 3.63) is 63.5 Å². The Balaban J connectivity index is 1.28. The van der Waals surface area contributed by atoms with Gasteiger partial charge in [0.15, 0.2) is 0 Å². The second-order valence-corrected chi connectivity index (χ2v) is 10.0. The number of nitrogens with one attached hydrogen (secondary N) is 1. The lowest BCUT2D eigenvalue weighted by atomic mass is 9.97. The molecule has 0 bridgehead atoms. The highest BCUT2D eigenvalue weighted by molar-refractivity contribution is 6.36. The number of carbonyl (C=O) groups is 1. The Bertz CT molecular complexity index is 1180. The highest BCUT2D eigenvalue weighted by Crippen LogP contribution is 2.29. The molecule has 1 aliphatic heterocycles. The first-order chi connectivity index (χ1) is 16.8. The number of carbonyl (C=O) groups excluding carboxylic acids is 1. The average molecular weight is 517 g/mol. The van der Waals surface area contributed by atoms with Crippen molar-refractivity contribution < 1.29 is 14.1 Å². The molecule has 3 aromatic rings. The summed E-state index contributed by atoms with van der Waals surface area (Å²) in [4.78, 5) is 19.6. The molecule has 0 saturated carbocycles. The second kappa shape index (κ2) is 11.4.